The number of thiophene rings is 1. The minimum atomic E-state index is -0.948. The van der Waals surface area contributed by atoms with Gasteiger partial charge in [0.15, 0.2) is 0 Å². The van der Waals surface area contributed by atoms with Gasteiger partial charge in [0.2, 0.25) is 0 Å². The Hall–Kier alpha value is -3.52. The molecule has 0 aliphatic heterocycles. The number of rotatable bonds is 6. The zero-order valence-electron chi connectivity index (χ0n) is 14.9. The molecule has 2 amide bonds. The Balaban J connectivity index is 1.86. The van der Waals surface area contributed by atoms with Crippen molar-refractivity contribution in [3.63, 3.8) is 0 Å². The van der Waals surface area contributed by atoms with Crippen LogP contribution >= 0.6 is 11.3 Å². The molecule has 1 aromatic heterocycles. The number of anilines is 1. The van der Waals surface area contributed by atoms with Gasteiger partial charge in [0, 0.05) is 17.3 Å². The van der Waals surface area contributed by atoms with Crippen LogP contribution in [0.2, 0.25) is 0 Å². The summed E-state index contributed by atoms with van der Waals surface area (Å²) in [4.78, 5) is 36.5. The quantitative estimate of drug-likeness (QED) is 0.485. The molecule has 2 N–H and O–H groups in total. The highest BCUT2D eigenvalue weighted by Gasteiger charge is 2.24. The van der Waals surface area contributed by atoms with Crippen LogP contribution in [-0.4, -0.2) is 16.7 Å². The van der Waals surface area contributed by atoms with Crippen LogP contribution in [0, 0.1) is 17.0 Å². The third kappa shape index (κ3) is 4.41. The standard InChI is InChI=1S/C20H17N3O4S/c1-13-9-10-15(12-16(13)23(26)27)21-20(25)18(14-6-3-2-4-7-14)22-19(24)17-8-5-11-28-17/h2-12,18H,1H3,(H,21,25)(H,22,24). The highest BCUT2D eigenvalue weighted by Crippen LogP contribution is 2.24. The van der Waals surface area contributed by atoms with Crippen LogP contribution < -0.4 is 10.6 Å². The van der Waals surface area contributed by atoms with Crippen LogP contribution in [0.5, 0.6) is 0 Å². The molecule has 1 unspecified atom stereocenters. The average molecular weight is 395 g/mol. The summed E-state index contributed by atoms with van der Waals surface area (Å²) in [5, 5.41) is 18.3. The lowest BCUT2D eigenvalue weighted by molar-refractivity contribution is -0.385. The first kappa shape index (κ1) is 19.2. The number of hydrogen-bond donors (Lipinski definition) is 2. The Labute approximate surface area is 165 Å². The van der Waals surface area contributed by atoms with Crippen molar-refractivity contribution in [2.45, 2.75) is 13.0 Å². The maximum Gasteiger partial charge on any atom is 0.274 e. The molecule has 0 bridgehead atoms. The van der Waals surface area contributed by atoms with Gasteiger partial charge in [0.1, 0.15) is 6.04 Å². The predicted molar refractivity (Wildman–Crippen MR) is 107 cm³/mol. The predicted octanol–water partition coefficient (Wildman–Crippen LogP) is 4.07. The van der Waals surface area contributed by atoms with Gasteiger partial charge in [0.25, 0.3) is 17.5 Å². The Morgan fingerprint density at radius 2 is 1.82 bits per heavy atom. The highest BCUT2D eigenvalue weighted by molar-refractivity contribution is 7.12. The minimum Gasteiger partial charge on any atom is -0.336 e. The van der Waals surface area contributed by atoms with E-state index < -0.39 is 16.9 Å². The smallest absolute Gasteiger partial charge is 0.274 e. The van der Waals surface area contributed by atoms with E-state index in [1.807, 2.05) is 6.07 Å². The molecule has 0 fully saturated rings. The summed E-state index contributed by atoms with van der Waals surface area (Å²) in [5.41, 5.74) is 1.30. The third-order valence-corrected chi connectivity index (χ3v) is 4.96. The van der Waals surface area contributed by atoms with E-state index in [-0.39, 0.29) is 17.3 Å². The van der Waals surface area contributed by atoms with E-state index in [0.717, 1.165) is 0 Å². The maximum atomic E-state index is 12.9. The SMILES string of the molecule is Cc1ccc(NC(=O)C(NC(=O)c2cccs2)c2ccccc2)cc1[N+](=O)[O-]. The summed E-state index contributed by atoms with van der Waals surface area (Å²) in [5.74, 6) is -0.858. The number of aryl methyl sites for hydroxylation is 1. The highest BCUT2D eigenvalue weighted by atomic mass is 32.1. The summed E-state index contributed by atoms with van der Waals surface area (Å²) in [6.07, 6.45) is 0. The van der Waals surface area contributed by atoms with Crippen LogP contribution in [0.25, 0.3) is 0 Å². The van der Waals surface area contributed by atoms with E-state index in [2.05, 4.69) is 10.6 Å². The first-order valence-electron chi connectivity index (χ1n) is 8.41. The zero-order valence-corrected chi connectivity index (χ0v) is 15.7. The first-order valence-corrected chi connectivity index (χ1v) is 9.29. The number of nitro groups is 1. The van der Waals surface area contributed by atoms with Crippen molar-refractivity contribution in [3.05, 3.63) is 92.2 Å². The van der Waals surface area contributed by atoms with E-state index in [4.69, 9.17) is 0 Å². The zero-order chi connectivity index (χ0) is 20.1. The first-order chi connectivity index (χ1) is 13.5. The Bertz CT molecular complexity index is 1000. The second kappa shape index (κ2) is 8.45. The fraction of sp³-hybridized carbons (Fsp3) is 0.100. The minimum absolute atomic E-state index is 0.0864. The van der Waals surface area contributed by atoms with Crippen molar-refractivity contribution in [1.82, 2.24) is 5.32 Å². The van der Waals surface area contributed by atoms with E-state index in [9.17, 15) is 19.7 Å². The van der Waals surface area contributed by atoms with Crippen molar-refractivity contribution in [2.75, 3.05) is 5.32 Å². The fourth-order valence-corrected chi connectivity index (χ4v) is 3.28. The van der Waals surface area contributed by atoms with E-state index in [1.165, 1.54) is 17.4 Å². The van der Waals surface area contributed by atoms with Gasteiger partial charge in [0.05, 0.1) is 9.80 Å². The molecule has 8 heteroatoms. The topological polar surface area (TPSA) is 101 Å². The number of amides is 2. The number of carbonyl (C=O) groups is 2. The number of nitrogens with one attached hydrogen (secondary N) is 2. The van der Waals surface area contributed by atoms with Crippen LogP contribution in [0.15, 0.2) is 66.0 Å². The Morgan fingerprint density at radius 3 is 2.46 bits per heavy atom. The molecule has 142 valence electrons. The Kier molecular flexibility index (Phi) is 5.81. The largest absolute Gasteiger partial charge is 0.336 e. The second-order valence-electron chi connectivity index (χ2n) is 6.04. The maximum absolute atomic E-state index is 12.9. The molecule has 0 saturated heterocycles. The average Bonchev–Trinajstić information content (AvgIpc) is 3.22. The number of hydrogen-bond acceptors (Lipinski definition) is 5. The van der Waals surface area contributed by atoms with Gasteiger partial charge in [-0.3, -0.25) is 19.7 Å². The summed E-state index contributed by atoms with van der Waals surface area (Å²) in [6.45, 7) is 1.62. The van der Waals surface area contributed by atoms with Gasteiger partial charge in [-0.05, 0) is 30.0 Å². The van der Waals surface area contributed by atoms with E-state index in [0.29, 0.717) is 16.0 Å². The normalized spacial score (nSPS) is 11.5. The number of nitrogens with zero attached hydrogens (tertiary/aromatic N) is 1. The third-order valence-electron chi connectivity index (χ3n) is 4.09. The molecule has 3 aromatic rings. The molecule has 0 radical (unpaired) electrons. The second-order valence-corrected chi connectivity index (χ2v) is 6.99. The summed E-state index contributed by atoms with van der Waals surface area (Å²) >= 11 is 1.27. The number of nitro benzene ring substituents is 1. The number of benzene rings is 2. The van der Waals surface area contributed by atoms with Crippen LogP contribution in [0.1, 0.15) is 26.8 Å². The molecular formula is C20H17N3O4S. The molecule has 2 aromatic carbocycles. The molecule has 0 aliphatic rings. The van der Waals surface area contributed by atoms with Gasteiger partial charge in [-0.25, -0.2) is 0 Å². The van der Waals surface area contributed by atoms with Gasteiger partial charge in [-0.1, -0.05) is 42.5 Å². The van der Waals surface area contributed by atoms with Crippen molar-refractivity contribution in [2.24, 2.45) is 0 Å². The summed E-state index contributed by atoms with van der Waals surface area (Å²) < 4.78 is 0. The van der Waals surface area contributed by atoms with Crippen molar-refractivity contribution < 1.29 is 14.5 Å². The number of carbonyl (C=O) groups excluding carboxylic acids is 2. The summed E-state index contributed by atoms with van der Waals surface area (Å²) in [7, 11) is 0. The van der Waals surface area contributed by atoms with Crippen LogP contribution in [-0.2, 0) is 4.79 Å². The van der Waals surface area contributed by atoms with Crippen molar-refractivity contribution in [1.29, 1.82) is 0 Å². The monoisotopic (exact) mass is 395 g/mol. The van der Waals surface area contributed by atoms with Crippen LogP contribution in [0.4, 0.5) is 11.4 Å². The Morgan fingerprint density at radius 1 is 1.07 bits per heavy atom. The van der Waals surface area contributed by atoms with Crippen molar-refractivity contribution >= 4 is 34.5 Å². The molecule has 0 spiro atoms. The van der Waals surface area contributed by atoms with Gasteiger partial charge in [-0.15, -0.1) is 11.3 Å². The van der Waals surface area contributed by atoms with Gasteiger partial charge in [-0.2, -0.15) is 0 Å². The van der Waals surface area contributed by atoms with Gasteiger partial charge >= 0.3 is 0 Å². The molecule has 7 nitrogen and oxygen atoms in total. The molecular weight excluding hydrogens is 378 g/mol. The molecule has 3 rings (SSSR count). The molecule has 1 heterocycles. The van der Waals surface area contributed by atoms with Crippen molar-refractivity contribution in [3.8, 4) is 0 Å². The lowest BCUT2D eigenvalue weighted by Gasteiger charge is -2.18. The lowest BCUT2D eigenvalue weighted by Crippen LogP contribution is -2.36. The molecule has 1 atom stereocenters. The molecule has 28 heavy (non-hydrogen) atoms. The lowest BCUT2D eigenvalue weighted by atomic mass is 10.1. The molecule has 0 saturated carbocycles. The summed E-state index contributed by atoms with van der Waals surface area (Å²) in [6, 6.07) is 15.7. The van der Waals surface area contributed by atoms with E-state index >= 15 is 0 Å². The fourth-order valence-electron chi connectivity index (χ4n) is 2.65. The van der Waals surface area contributed by atoms with E-state index in [1.54, 1.807) is 60.8 Å². The van der Waals surface area contributed by atoms with Gasteiger partial charge < -0.3 is 10.6 Å². The van der Waals surface area contributed by atoms with Crippen LogP contribution in [0.3, 0.4) is 0 Å². The molecule has 0 aliphatic carbocycles.